The molecule has 0 atom stereocenters. The van der Waals surface area contributed by atoms with Gasteiger partial charge >= 0.3 is 0 Å². The number of rotatable bonds is 5. The lowest BCUT2D eigenvalue weighted by Gasteiger charge is -2.13. The average Bonchev–Trinajstić information content (AvgIpc) is 2.86. The first-order valence-electron chi connectivity index (χ1n) is 6.90. The number of hydrogen-bond acceptors (Lipinski definition) is 4. The van der Waals surface area contributed by atoms with E-state index in [2.05, 4.69) is 36.5 Å². The van der Waals surface area contributed by atoms with E-state index in [-0.39, 0.29) is 17.7 Å². The van der Waals surface area contributed by atoms with Crippen LogP contribution in [0.3, 0.4) is 0 Å². The number of anilines is 1. The molecule has 0 saturated carbocycles. The smallest absolute Gasteiger partial charge is 0.221 e. The van der Waals surface area contributed by atoms with Crippen LogP contribution in [0.4, 0.5) is 5.69 Å². The Morgan fingerprint density at radius 3 is 2.48 bits per heavy atom. The standard InChI is InChI=1S/C16H21N3OS/c1-16(2,3)15-19-13(10-21-15)9-18-12-6-4-11(5-7-12)8-14(17)20/h4-7,10,18H,8-9H2,1-3H3,(H2,17,20). The third-order valence-corrected chi connectivity index (χ3v) is 4.32. The molecule has 2 aromatic rings. The molecule has 0 aliphatic heterocycles. The first-order valence-corrected chi connectivity index (χ1v) is 7.78. The summed E-state index contributed by atoms with van der Waals surface area (Å²) in [6.07, 6.45) is 0.279. The summed E-state index contributed by atoms with van der Waals surface area (Å²) < 4.78 is 0. The van der Waals surface area contributed by atoms with Crippen molar-refractivity contribution in [3.63, 3.8) is 0 Å². The number of carbonyl (C=O) groups is 1. The first-order chi connectivity index (χ1) is 9.84. The topological polar surface area (TPSA) is 68.0 Å². The van der Waals surface area contributed by atoms with Gasteiger partial charge in [-0.1, -0.05) is 32.9 Å². The van der Waals surface area contributed by atoms with Gasteiger partial charge in [-0.15, -0.1) is 11.3 Å². The van der Waals surface area contributed by atoms with Crippen molar-refractivity contribution in [3.8, 4) is 0 Å². The average molecular weight is 303 g/mol. The number of thiazole rings is 1. The zero-order valence-electron chi connectivity index (χ0n) is 12.6. The van der Waals surface area contributed by atoms with Crippen molar-refractivity contribution in [2.75, 3.05) is 5.32 Å². The minimum atomic E-state index is -0.312. The molecule has 1 aromatic carbocycles. The zero-order valence-corrected chi connectivity index (χ0v) is 13.5. The van der Waals surface area contributed by atoms with Crippen molar-refractivity contribution in [2.45, 2.75) is 39.2 Å². The lowest BCUT2D eigenvalue weighted by molar-refractivity contribution is -0.117. The van der Waals surface area contributed by atoms with E-state index in [4.69, 9.17) is 5.73 Å². The lowest BCUT2D eigenvalue weighted by Crippen LogP contribution is -2.13. The van der Waals surface area contributed by atoms with Crippen LogP contribution in [-0.2, 0) is 23.2 Å². The molecule has 4 nitrogen and oxygen atoms in total. The Bertz CT molecular complexity index is 611. The number of aromatic nitrogens is 1. The van der Waals surface area contributed by atoms with Crippen LogP contribution in [-0.4, -0.2) is 10.9 Å². The molecule has 112 valence electrons. The fraction of sp³-hybridized carbons (Fsp3) is 0.375. The summed E-state index contributed by atoms with van der Waals surface area (Å²) in [5, 5.41) is 6.58. The molecule has 0 fully saturated rings. The fourth-order valence-electron chi connectivity index (χ4n) is 1.87. The molecule has 1 aromatic heterocycles. The number of nitrogens with zero attached hydrogens (tertiary/aromatic N) is 1. The van der Waals surface area contributed by atoms with Crippen LogP contribution in [0.5, 0.6) is 0 Å². The molecule has 0 unspecified atom stereocenters. The van der Waals surface area contributed by atoms with Crippen LogP contribution >= 0.6 is 11.3 Å². The second-order valence-corrected chi connectivity index (χ2v) is 6.95. The Kier molecular flexibility index (Phi) is 4.63. The van der Waals surface area contributed by atoms with Gasteiger partial charge in [0.25, 0.3) is 0 Å². The van der Waals surface area contributed by atoms with Gasteiger partial charge < -0.3 is 11.1 Å². The summed E-state index contributed by atoms with van der Waals surface area (Å²) in [5.41, 5.74) is 8.25. The number of benzene rings is 1. The van der Waals surface area contributed by atoms with Gasteiger partial charge in [-0.25, -0.2) is 4.98 Å². The van der Waals surface area contributed by atoms with Gasteiger partial charge in [0, 0.05) is 16.5 Å². The number of nitrogens with one attached hydrogen (secondary N) is 1. The highest BCUT2D eigenvalue weighted by molar-refractivity contribution is 7.09. The molecule has 0 radical (unpaired) electrons. The van der Waals surface area contributed by atoms with Gasteiger partial charge in [0.15, 0.2) is 0 Å². The number of amides is 1. The minimum absolute atomic E-state index is 0.0966. The van der Waals surface area contributed by atoms with Gasteiger partial charge in [0.05, 0.1) is 23.7 Å². The van der Waals surface area contributed by atoms with Gasteiger partial charge in [-0.3, -0.25) is 4.79 Å². The molecule has 0 spiro atoms. The van der Waals surface area contributed by atoms with E-state index in [9.17, 15) is 4.79 Å². The van der Waals surface area contributed by atoms with E-state index >= 15 is 0 Å². The number of nitrogens with two attached hydrogens (primary N) is 1. The van der Waals surface area contributed by atoms with Gasteiger partial charge in [-0.05, 0) is 17.7 Å². The van der Waals surface area contributed by atoms with Crippen LogP contribution in [0, 0.1) is 0 Å². The van der Waals surface area contributed by atoms with E-state index in [0.717, 1.165) is 22.0 Å². The quantitative estimate of drug-likeness (QED) is 0.892. The van der Waals surface area contributed by atoms with E-state index < -0.39 is 0 Å². The number of primary amides is 1. The van der Waals surface area contributed by atoms with Gasteiger partial charge in [-0.2, -0.15) is 0 Å². The van der Waals surface area contributed by atoms with Crippen molar-refractivity contribution >= 4 is 22.9 Å². The third kappa shape index (κ3) is 4.56. The lowest BCUT2D eigenvalue weighted by atomic mass is 9.98. The van der Waals surface area contributed by atoms with Crippen LogP contribution in [0.2, 0.25) is 0 Å². The Labute approximate surface area is 129 Å². The Morgan fingerprint density at radius 2 is 1.95 bits per heavy atom. The molecule has 0 aliphatic rings. The molecule has 5 heteroatoms. The Morgan fingerprint density at radius 1 is 1.29 bits per heavy atom. The summed E-state index contributed by atoms with van der Waals surface area (Å²) in [6.45, 7) is 7.20. The molecular formula is C16H21N3OS. The van der Waals surface area contributed by atoms with Gasteiger partial charge in [0.2, 0.25) is 5.91 Å². The van der Waals surface area contributed by atoms with Crippen molar-refractivity contribution in [1.82, 2.24) is 4.98 Å². The molecule has 1 amide bonds. The highest BCUT2D eigenvalue weighted by atomic mass is 32.1. The highest BCUT2D eigenvalue weighted by Gasteiger charge is 2.17. The van der Waals surface area contributed by atoms with E-state index in [0.29, 0.717) is 6.54 Å². The van der Waals surface area contributed by atoms with Crippen LogP contribution in [0.1, 0.15) is 37.0 Å². The van der Waals surface area contributed by atoms with E-state index in [1.54, 1.807) is 11.3 Å². The molecule has 1 heterocycles. The van der Waals surface area contributed by atoms with Crippen molar-refractivity contribution in [2.24, 2.45) is 5.73 Å². The number of carbonyl (C=O) groups excluding carboxylic acids is 1. The summed E-state index contributed by atoms with van der Waals surface area (Å²) in [5.74, 6) is -0.312. The minimum Gasteiger partial charge on any atom is -0.379 e. The molecule has 2 rings (SSSR count). The maximum atomic E-state index is 10.8. The summed E-state index contributed by atoms with van der Waals surface area (Å²) >= 11 is 1.70. The molecule has 3 N–H and O–H groups in total. The Hall–Kier alpha value is -1.88. The third-order valence-electron chi connectivity index (χ3n) is 3.00. The summed E-state index contributed by atoms with van der Waals surface area (Å²) in [7, 11) is 0. The largest absolute Gasteiger partial charge is 0.379 e. The summed E-state index contributed by atoms with van der Waals surface area (Å²) in [4.78, 5) is 15.5. The predicted octanol–water partition coefficient (Wildman–Crippen LogP) is 3.08. The Balaban J connectivity index is 1.94. The first kappa shape index (κ1) is 15.5. The highest BCUT2D eigenvalue weighted by Crippen LogP contribution is 2.25. The van der Waals surface area contributed by atoms with Crippen molar-refractivity contribution in [1.29, 1.82) is 0 Å². The molecule has 21 heavy (non-hydrogen) atoms. The maximum absolute atomic E-state index is 10.8. The van der Waals surface area contributed by atoms with Crippen LogP contribution in [0.15, 0.2) is 29.6 Å². The zero-order chi connectivity index (χ0) is 15.5. The van der Waals surface area contributed by atoms with Gasteiger partial charge in [0.1, 0.15) is 0 Å². The van der Waals surface area contributed by atoms with Crippen LogP contribution in [0.25, 0.3) is 0 Å². The maximum Gasteiger partial charge on any atom is 0.221 e. The second kappa shape index (κ2) is 6.26. The normalized spacial score (nSPS) is 11.4. The van der Waals surface area contributed by atoms with Crippen molar-refractivity contribution < 1.29 is 4.79 Å². The molecule has 0 saturated heterocycles. The van der Waals surface area contributed by atoms with E-state index in [1.807, 2.05) is 24.3 Å². The van der Waals surface area contributed by atoms with Crippen LogP contribution < -0.4 is 11.1 Å². The monoisotopic (exact) mass is 303 g/mol. The molecule has 0 aliphatic carbocycles. The van der Waals surface area contributed by atoms with Crippen molar-refractivity contribution in [3.05, 3.63) is 45.9 Å². The molecular weight excluding hydrogens is 282 g/mol. The fourth-order valence-corrected chi connectivity index (χ4v) is 2.77. The predicted molar refractivity (Wildman–Crippen MR) is 87.5 cm³/mol. The molecule has 0 bridgehead atoms. The second-order valence-electron chi connectivity index (χ2n) is 6.09. The SMILES string of the molecule is CC(C)(C)c1nc(CNc2ccc(CC(N)=O)cc2)cs1. The van der Waals surface area contributed by atoms with E-state index in [1.165, 1.54) is 0 Å². The summed E-state index contributed by atoms with van der Waals surface area (Å²) in [6, 6.07) is 7.73. The number of hydrogen-bond donors (Lipinski definition) is 2.